The molecule has 2 aromatic carbocycles. The van der Waals surface area contributed by atoms with Crippen LogP contribution in [0.15, 0.2) is 42.5 Å². The van der Waals surface area contributed by atoms with Gasteiger partial charge in [0.2, 0.25) is 0 Å². The number of nitrogen functional groups attached to an aromatic ring is 1. The molecule has 1 aromatic heterocycles. The standard InChI is InChI=1S/C19H17N3O2/c1-12-6-7-13-4-3-5-18(19(13)22-12)24-11-15-14(10-20)16(21)8-9-17(15)23-2/h3-9H,11,21H2,1-2H3. The highest BCUT2D eigenvalue weighted by Crippen LogP contribution is 2.30. The van der Waals surface area contributed by atoms with Crippen molar-refractivity contribution in [3.8, 4) is 17.6 Å². The van der Waals surface area contributed by atoms with Crippen LogP contribution in [0.4, 0.5) is 5.69 Å². The van der Waals surface area contributed by atoms with Gasteiger partial charge in [0.1, 0.15) is 29.7 Å². The van der Waals surface area contributed by atoms with Gasteiger partial charge < -0.3 is 15.2 Å². The lowest BCUT2D eigenvalue weighted by Gasteiger charge is -2.14. The lowest BCUT2D eigenvalue weighted by atomic mass is 10.1. The van der Waals surface area contributed by atoms with E-state index >= 15 is 0 Å². The zero-order valence-corrected chi connectivity index (χ0v) is 13.5. The van der Waals surface area contributed by atoms with Gasteiger partial charge in [-0.1, -0.05) is 18.2 Å². The number of nitrogens with two attached hydrogens (primary N) is 1. The molecule has 2 N–H and O–H groups in total. The Labute approximate surface area is 140 Å². The van der Waals surface area contributed by atoms with E-state index in [0.29, 0.717) is 28.3 Å². The van der Waals surface area contributed by atoms with E-state index in [1.807, 2.05) is 37.3 Å². The summed E-state index contributed by atoms with van der Waals surface area (Å²) in [6.45, 7) is 2.11. The summed E-state index contributed by atoms with van der Waals surface area (Å²) in [5.41, 5.74) is 9.00. The Morgan fingerprint density at radius 1 is 1.12 bits per heavy atom. The fourth-order valence-corrected chi connectivity index (χ4v) is 2.60. The number of para-hydroxylation sites is 1. The zero-order chi connectivity index (χ0) is 17.1. The normalized spacial score (nSPS) is 10.4. The van der Waals surface area contributed by atoms with E-state index in [0.717, 1.165) is 16.6 Å². The van der Waals surface area contributed by atoms with Gasteiger partial charge >= 0.3 is 0 Å². The van der Waals surface area contributed by atoms with Gasteiger partial charge in [-0.3, -0.25) is 0 Å². The monoisotopic (exact) mass is 319 g/mol. The number of aryl methyl sites for hydroxylation is 1. The third-order valence-corrected chi connectivity index (χ3v) is 3.83. The highest BCUT2D eigenvalue weighted by atomic mass is 16.5. The van der Waals surface area contributed by atoms with Crippen molar-refractivity contribution in [1.82, 2.24) is 4.98 Å². The van der Waals surface area contributed by atoms with E-state index in [1.54, 1.807) is 19.2 Å². The first-order valence-corrected chi connectivity index (χ1v) is 7.48. The average molecular weight is 319 g/mol. The van der Waals surface area contributed by atoms with Crippen molar-refractivity contribution in [2.45, 2.75) is 13.5 Å². The molecule has 0 atom stereocenters. The van der Waals surface area contributed by atoms with Crippen LogP contribution in [-0.4, -0.2) is 12.1 Å². The van der Waals surface area contributed by atoms with Crippen LogP contribution in [0.2, 0.25) is 0 Å². The molecule has 5 nitrogen and oxygen atoms in total. The van der Waals surface area contributed by atoms with Gasteiger partial charge in [-0.15, -0.1) is 0 Å². The Balaban J connectivity index is 1.99. The van der Waals surface area contributed by atoms with Crippen molar-refractivity contribution in [1.29, 1.82) is 5.26 Å². The molecule has 0 fully saturated rings. The lowest BCUT2D eigenvalue weighted by Crippen LogP contribution is -2.05. The molecular formula is C19H17N3O2. The van der Waals surface area contributed by atoms with E-state index in [2.05, 4.69) is 11.1 Å². The maximum Gasteiger partial charge on any atom is 0.146 e. The molecule has 24 heavy (non-hydrogen) atoms. The number of anilines is 1. The number of aromatic nitrogens is 1. The molecule has 0 saturated carbocycles. The van der Waals surface area contributed by atoms with Crippen molar-refractivity contribution in [2.24, 2.45) is 0 Å². The number of hydrogen-bond acceptors (Lipinski definition) is 5. The molecule has 0 radical (unpaired) electrons. The number of pyridine rings is 1. The number of ether oxygens (including phenoxy) is 2. The molecule has 0 unspecified atom stereocenters. The van der Waals surface area contributed by atoms with Gasteiger partial charge in [0.25, 0.3) is 0 Å². The molecule has 5 heteroatoms. The smallest absolute Gasteiger partial charge is 0.146 e. The van der Waals surface area contributed by atoms with Crippen LogP contribution in [0.5, 0.6) is 11.5 Å². The van der Waals surface area contributed by atoms with Crippen LogP contribution in [0.3, 0.4) is 0 Å². The second-order valence-corrected chi connectivity index (χ2v) is 5.39. The van der Waals surface area contributed by atoms with Crippen LogP contribution in [-0.2, 0) is 6.61 Å². The fraction of sp³-hybridized carbons (Fsp3) is 0.158. The van der Waals surface area contributed by atoms with Gasteiger partial charge in [-0.2, -0.15) is 5.26 Å². The number of fused-ring (bicyclic) bond motifs is 1. The first-order chi connectivity index (χ1) is 11.6. The first-order valence-electron chi connectivity index (χ1n) is 7.48. The van der Waals surface area contributed by atoms with Crippen molar-refractivity contribution >= 4 is 16.6 Å². The van der Waals surface area contributed by atoms with Gasteiger partial charge in [0.05, 0.1) is 23.9 Å². The minimum Gasteiger partial charge on any atom is -0.496 e. The maximum atomic E-state index is 9.37. The first kappa shape index (κ1) is 15.6. The second-order valence-electron chi connectivity index (χ2n) is 5.39. The van der Waals surface area contributed by atoms with Crippen molar-refractivity contribution in [3.05, 3.63) is 59.3 Å². The van der Waals surface area contributed by atoms with Gasteiger partial charge in [-0.25, -0.2) is 4.98 Å². The zero-order valence-electron chi connectivity index (χ0n) is 13.5. The number of hydrogen-bond donors (Lipinski definition) is 1. The molecule has 0 aliphatic heterocycles. The SMILES string of the molecule is COc1ccc(N)c(C#N)c1COc1cccc2ccc(C)nc12. The number of rotatable bonds is 4. The molecule has 0 bridgehead atoms. The Kier molecular flexibility index (Phi) is 4.21. The minimum absolute atomic E-state index is 0.172. The Hall–Kier alpha value is -3.26. The van der Waals surface area contributed by atoms with Crippen LogP contribution < -0.4 is 15.2 Å². The van der Waals surface area contributed by atoms with E-state index in [9.17, 15) is 5.26 Å². The third-order valence-electron chi connectivity index (χ3n) is 3.83. The Morgan fingerprint density at radius 3 is 2.71 bits per heavy atom. The van der Waals surface area contributed by atoms with Gasteiger partial charge in [-0.05, 0) is 31.2 Å². The topological polar surface area (TPSA) is 81.2 Å². The minimum atomic E-state index is 0.172. The Bertz CT molecular complexity index is 945. The average Bonchev–Trinajstić information content (AvgIpc) is 2.60. The molecular weight excluding hydrogens is 302 g/mol. The summed E-state index contributed by atoms with van der Waals surface area (Å²) in [6, 6.07) is 15.2. The van der Waals surface area contributed by atoms with Crippen molar-refractivity contribution < 1.29 is 9.47 Å². The molecule has 0 aliphatic rings. The molecule has 0 saturated heterocycles. The predicted octanol–water partition coefficient (Wildman–Crippen LogP) is 3.58. The summed E-state index contributed by atoms with van der Waals surface area (Å²) in [5.74, 6) is 1.23. The molecule has 0 aliphatic carbocycles. The lowest BCUT2D eigenvalue weighted by molar-refractivity contribution is 0.299. The highest BCUT2D eigenvalue weighted by Gasteiger charge is 2.14. The van der Waals surface area contributed by atoms with E-state index in [1.165, 1.54) is 0 Å². The second kappa shape index (κ2) is 6.47. The summed E-state index contributed by atoms with van der Waals surface area (Å²) >= 11 is 0. The fourth-order valence-electron chi connectivity index (χ4n) is 2.60. The summed E-state index contributed by atoms with van der Waals surface area (Å²) in [6.07, 6.45) is 0. The van der Waals surface area contributed by atoms with Crippen LogP contribution in [0, 0.1) is 18.3 Å². The van der Waals surface area contributed by atoms with Crippen molar-refractivity contribution in [2.75, 3.05) is 12.8 Å². The van der Waals surface area contributed by atoms with Crippen LogP contribution in [0.1, 0.15) is 16.8 Å². The molecule has 0 amide bonds. The summed E-state index contributed by atoms with van der Waals surface area (Å²) < 4.78 is 11.3. The summed E-state index contributed by atoms with van der Waals surface area (Å²) in [7, 11) is 1.55. The highest BCUT2D eigenvalue weighted by molar-refractivity contribution is 5.84. The van der Waals surface area contributed by atoms with Crippen LogP contribution in [0.25, 0.3) is 10.9 Å². The quantitative estimate of drug-likeness (QED) is 0.743. The van der Waals surface area contributed by atoms with Crippen LogP contribution >= 0.6 is 0 Å². The molecule has 3 rings (SSSR count). The predicted molar refractivity (Wildman–Crippen MR) is 92.9 cm³/mol. The van der Waals surface area contributed by atoms with E-state index in [-0.39, 0.29) is 6.61 Å². The largest absolute Gasteiger partial charge is 0.496 e. The molecule has 0 spiro atoms. The summed E-state index contributed by atoms with van der Waals surface area (Å²) in [4.78, 5) is 4.54. The molecule has 1 heterocycles. The van der Waals surface area contributed by atoms with E-state index in [4.69, 9.17) is 15.2 Å². The number of benzene rings is 2. The Morgan fingerprint density at radius 2 is 1.96 bits per heavy atom. The van der Waals surface area contributed by atoms with Gasteiger partial charge in [0, 0.05) is 11.1 Å². The number of methoxy groups -OCH3 is 1. The van der Waals surface area contributed by atoms with Crippen molar-refractivity contribution in [3.63, 3.8) is 0 Å². The van der Waals surface area contributed by atoms with Gasteiger partial charge in [0.15, 0.2) is 0 Å². The molecule has 120 valence electrons. The number of nitrogens with zero attached hydrogens (tertiary/aromatic N) is 2. The third kappa shape index (κ3) is 2.82. The van der Waals surface area contributed by atoms with E-state index < -0.39 is 0 Å². The summed E-state index contributed by atoms with van der Waals surface area (Å²) in [5, 5.41) is 10.4. The maximum absolute atomic E-state index is 9.37. The molecule has 3 aromatic rings. The number of nitriles is 1.